The summed E-state index contributed by atoms with van der Waals surface area (Å²) in [6.07, 6.45) is 4.02. The van der Waals surface area contributed by atoms with E-state index < -0.39 is 0 Å². The highest BCUT2D eigenvalue weighted by Crippen LogP contribution is 2.31. The fourth-order valence-corrected chi connectivity index (χ4v) is 3.28. The van der Waals surface area contributed by atoms with Crippen LogP contribution in [0.4, 0.5) is 0 Å². The lowest BCUT2D eigenvalue weighted by Crippen LogP contribution is -1.74. The van der Waals surface area contributed by atoms with Gasteiger partial charge in [0.2, 0.25) is 0 Å². The van der Waals surface area contributed by atoms with Crippen molar-refractivity contribution in [2.24, 2.45) is 0 Å². The van der Waals surface area contributed by atoms with E-state index in [4.69, 9.17) is 0 Å². The maximum Gasteiger partial charge on any atom is 0.127 e. The number of fused-ring (bicyclic) bond motifs is 5. The lowest BCUT2D eigenvalue weighted by atomic mass is 10.3. The predicted octanol–water partition coefficient (Wildman–Crippen LogP) is 3.70. The monoisotopic (exact) mass is 224 g/mol. The third-order valence-corrected chi connectivity index (χ3v) is 4.01. The second kappa shape index (κ2) is 2.83. The van der Waals surface area contributed by atoms with Crippen LogP contribution in [-0.4, -0.2) is 9.38 Å². The van der Waals surface area contributed by atoms with Gasteiger partial charge in [0.1, 0.15) is 10.3 Å². The van der Waals surface area contributed by atoms with E-state index in [1.54, 1.807) is 11.3 Å². The Morgan fingerprint density at radius 1 is 1.06 bits per heavy atom. The SMILES string of the molecule is c1cnc2c(c1)cn1c3ccccc3sc21. The van der Waals surface area contributed by atoms with Crippen molar-refractivity contribution in [3.05, 3.63) is 48.8 Å². The molecule has 0 atom stereocenters. The Morgan fingerprint density at radius 3 is 3.00 bits per heavy atom. The van der Waals surface area contributed by atoms with E-state index in [2.05, 4.69) is 45.9 Å². The zero-order chi connectivity index (χ0) is 10.5. The Balaban J connectivity index is 2.35. The average Bonchev–Trinajstić information content (AvgIpc) is 2.85. The van der Waals surface area contributed by atoms with E-state index in [1.165, 1.54) is 20.4 Å². The van der Waals surface area contributed by atoms with Crippen LogP contribution in [0.15, 0.2) is 48.8 Å². The first kappa shape index (κ1) is 8.30. The Kier molecular flexibility index (Phi) is 1.47. The number of thiazole rings is 1. The molecule has 4 aromatic rings. The van der Waals surface area contributed by atoms with E-state index in [9.17, 15) is 0 Å². The Hall–Kier alpha value is -1.87. The molecule has 0 bridgehead atoms. The summed E-state index contributed by atoms with van der Waals surface area (Å²) in [6.45, 7) is 0. The van der Waals surface area contributed by atoms with Crippen molar-refractivity contribution >= 4 is 37.3 Å². The molecule has 0 radical (unpaired) electrons. The molecule has 0 saturated heterocycles. The molecular formula is C13H8N2S. The minimum atomic E-state index is 1.10. The number of pyridine rings is 1. The van der Waals surface area contributed by atoms with Crippen LogP contribution in [-0.2, 0) is 0 Å². The number of hydrogen-bond acceptors (Lipinski definition) is 2. The normalized spacial score (nSPS) is 11.8. The number of hydrogen-bond donors (Lipinski definition) is 0. The summed E-state index contributed by atoms with van der Waals surface area (Å²) < 4.78 is 3.54. The lowest BCUT2D eigenvalue weighted by Gasteiger charge is -1.88. The quantitative estimate of drug-likeness (QED) is 0.445. The van der Waals surface area contributed by atoms with E-state index in [0.717, 1.165) is 5.52 Å². The summed E-state index contributed by atoms with van der Waals surface area (Å²) in [6, 6.07) is 12.5. The van der Waals surface area contributed by atoms with Gasteiger partial charge >= 0.3 is 0 Å². The molecule has 3 heteroatoms. The van der Waals surface area contributed by atoms with E-state index in [-0.39, 0.29) is 0 Å². The highest BCUT2D eigenvalue weighted by Gasteiger charge is 2.09. The van der Waals surface area contributed by atoms with Crippen LogP contribution < -0.4 is 0 Å². The second-order valence-electron chi connectivity index (χ2n) is 3.82. The van der Waals surface area contributed by atoms with Crippen LogP contribution in [0.25, 0.3) is 25.9 Å². The van der Waals surface area contributed by atoms with Gasteiger partial charge in [-0.3, -0.25) is 4.98 Å². The van der Waals surface area contributed by atoms with Gasteiger partial charge in [-0.05, 0) is 24.3 Å². The highest BCUT2D eigenvalue weighted by atomic mass is 32.1. The molecule has 0 spiro atoms. The summed E-state index contributed by atoms with van der Waals surface area (Å²) in [5, 5.41) is 1.21. The van der Waals surface area contributed by atoms with E-state index in [0.29, 0.717) is 0 Å². The minimum Gasteiger partial charge on any atom is -0.305 e. The highest BCUT2D eigenvalue weighted by molar-refractivity contribution is 7.24. The molecular weight excluding hydrogens is 216 g/mol. The first-order chi connectivity index (χ1) is 7.93. The predicted molar refractivity (Wildman–Crippen MR) is 68.1 cm³/mol. The molecule has 3 aromatic heterocycles. The molecule has 0 unspecified atom stereocenters. The smallest absolute Gasteiger partial charge is 0.127 e. The molecule has 0 fully saturated rings. The zero-order valence-corrected chi connectivity index (χ0v) is 9.24. The molecule has 0 saturated carbocycles. The van der Waals surface area contributed by atoms with Crippen molar-refractivity contribution in [2.75, 3.05) is 0 Å². The summed E-state index contributed by atoms with van der Waals surface area (Å²) in [5.41, 5.74) is 2.37. The van der Waals surface area contributed by atoms with Crippen molar-refractivity contribution in [3.8, 4) is 0 Å². The van der Waals surface area contributed by atoms with Crippen LogP contribution >= 0.6 is 11.3 Å². The van der Waals surface area contributed by atoms with Gasteiger partial charge in [0.05, 0.1) is 10.2 Å². The van der Waals surface area contributed by atoms with Gasteiger partial charge in [0.25, 0.3) is 0 Å². The van der Waals surface area contributed by atoms with Crippen molar-refractivity contribution < 1.29 is 0 Å². The number of rotatable bonds is 0. The minimum absolute atomic E-state index is 1.10. The van der Waals surface area contributed by atoms with Gasteiger partial charge in [0, 0.05) is 17.8 Å². The summed E-state index contributed by atoms with van der Waals surface area (Å²) >= 11 is 1.80. The topological polar surface area (TPSA) is 17.3 Å². The molecule has 0 aliphatic carbocycles. The van der Waals surface area contributed by atoms with E-state index in [1.807, 2.05) is 12.3 Å². The number of para-hydroxylation sites is 1. The maximum atomic E-state index is 4.45. The third kappa shape index (κ3) is 0.933. The maximum absolute atomic E-state index is 4.45. The van der Waals surface area contributed by atoms with Crippen LogP contribution in [0.3, 0.4) is 0 Å². The number of aromatic nitrogens is 2. The van der Waals surface area contributed by atoms with Gasteiger partial charge in [0.15, 0.2) is 0 Å². The van der Waals surface area contributed by atoms with Crippen molar-refractivity contribution in [1.29, 1.82) is 0 Å². The molecule has 0 amide bonds. The number of nitrogens with zero attached hydrogens (tertiary/aromatic N) is 2. The Bertz CT molecular complexity index is 741. The standard InChI is InChI=1S/C13H8N2S/c1-2-6-11-10(5-1)15-8-9-4-3-7-14-12(9)13(15)16-11/h1-8H. The lowest BCUT2D eigenvalue weighted by molar-refractivity contribution is 1.31. The molecule has 0 aliphatic rings. The van der Waals surface area contributed by atoms with Gasteiger partial charge in [-0.2, -0.15) is 0 Å². The van der Waals surface area contributed by atoms with Crippen LogP contribution in [0.1, 0.15) is 0 Å². The fraction of sp³-hybridized carbons (Fsp3) is 0. The van der Waals surface area contributed by atoms with Crippen molar-refractivity contribution in [3.63, 3.8) is 0 Å². The molecule has 3 heterocycles. The third-order valence-electron chi connectivity index (χ3n) is 2.86. The van der Waals surface area contributed by atoms with Gasteiger partial charge in [-0.25, -0.2) is 0 Å². The fourth-order valence-electron chi connectivity index (χ4n) is 2.14. The molecule has 0 aliphatic heterocycles. The largest absolute Gasteiger partial charge is 0.305 e. The first-order valence-electron chi connectivity index (χ1n) is 5.17. The van der Waals surface area contributed by atoms with Crippen LogP contribution in [0.5, 0.6) is 0 Å². The molecule has 76 valence electrons. The summed E-state index contributed by atoms with van der Waals surface area (Å²) in [7, 11) is 0. The zero-order valence-electron chi connectivity index (χ0n) is 8.42. The molecule has 0 N–H and O–H groups in total. The average molecular weight is 224 g/mol. The Labute approximate surface area is 95.8 Å². The van der Waals surface area contributed by atoms with Crippen LogP contribution in [0.2, 0.25) is 0 Å². The van der Waals surface area contributed by atoms with Gasteiger partial charge < -0.3 is 4.40 Å². The number of benzene rings is 1. The summed E-state index contributed by atoms with van der Waals surface area (Å²) in [4.78, 5) is 5.69. The van der Waals surface area contributed by atoms with Crippen molar-refractivity contribution in [2.45, 2.75) is 0 Å². The van der Waals surface area contributed by atoms with Crippen LogP contribution in [0, 0.1) is 0 Å². The second-order valence-corrected chi connectivity index (χ2v) is 4.85. The molecule has 1 aromatic carbocycles. The Morgan fingerprint density at radius 2 is 2.00 bits per heavy atom. The van der Waals surface area contributed by atoms with Gasteiger partial charge in [-0.15, -0.1) is 11.3 Å². The molecule has 2 nitrogen and oxygen atoms in total. The van der Waals surface area contributed by atoms with Gasteiger partial charge in [-0.1, -0.05) is 12.1 Å². The van der Waals surface area contributed by atoms with E-state index >= 15 is 0 Å². The molecule has 16 heavy (non-hydrogen) atoms. The molecule has 4 rings (SSSR count). The van der Waals surface area contributed by atoms with Crippen molar-refractivity contribution in [1.82, 2.24) is 9.38 Å². The first-order valence-corrected chi connectivity index (χ1v) is 5.98. The summed E-state index contributed by atoms with van der Waals surface area (Å²) in [5.74, 6) is 0.